The van der Waals surface area contributed by atoms with Crippen molar-refractivity contribution in [3.63, 3.8) is 0 Å². The molecule has 0 aliphatic heterocycles. The van der Waals surface area contributed by atoms with Crippen LogP contribution in [0.1, 0.15) is 12.8 Å². The van der Waals surface area contributed by atoms with Crippen LogP contribution in [-0.2, 0) is 16.1 Å². The number of ether oxygens (including phenoxy) is 1. The molecule has 4 nitrogen and oxygen atoms in total. The average Bonchev–Trinajstić information content (AvgIpc) is 3.21. The predicted molar refractivity (Wildman–Crippen MR) is 82.7 cm³/mol. The number of benzene rings is 1. The Bertz CT molecular complexity index is 716. The molecule has 106 valence electrons. The van der Waals surface area contributed by atoms with Crippen LogP contribution in [0, 0.1) is 5.92 Å². The highest BCUT2D eigenvalue weighted by atomic mass is 79.9. The molecule has 2 aromatic rings. The summed E-state index contributed by atoms with van der Waals surface area (Å²) < 4.78 is 9.38. The van der Waals surface area contributed by atoms with Gasteiger partial charge in [0.15, 0.2) is 4.80 Å². The van der Waals surface area contributed by atoms with E-state index in [2.05, 4.69) is 31.6 Å². The van der Waals surface area contributed by atoms with Crippen molar-refractivity contribution in [2.45, 2.75) is 19.4 Å². The van der Waals surface area contributed by atoms with Gasteiger partial charge in [0.05, 0.1) is 16.8 Å². The Kier molecular flexibility index (Phi) is 4.05. The molecule has 1 aliphatic carbocycles. The normalized spacial score (nSPS) is 16.0. The van der Waals surface area contributed by atoms with E-state index in [-0.39, 0.29) is 11.8 Å². The Hall–Kier alpha value is -0.980. The molecule has 0 spiro atoms. The number of hydrogen-bond donors (Lipinski definition) is 0. The molecule has 0 bridgehead atoms. The Morgan fingerprint density at radius 2 is 2.35 bits per heavy atom. The van der Waals surface area contributed by atoms with Crippen LogP contribution in [-0.4, -0.2) is 24.2 Å². The number of halogens is 1. The molecule has 0 saturated heterocycles. The zero-order chi connectivity index (χ0) is 14.1. The van der Waals surface area contributed by atoms with E-state index >= 15 is 0 Å². The molecule has 0 radical (unpaired) electrons. The average molecular weight is 355 g/mol. The number of carbonyl (C=O) groups is 1. The minimum Gasteiger partial charge on any atom is -0.383 e. The lowest BCUT2D eigenvalue weighted by molar-refractivity contribution is -0.119. The monoisotopic (exact) mass is 354 g/mol. The highest BCUT2D eigenvalue weighted by Crippen LogP contribution is 2.30. The van der Waals surface area contributed by atoms with E-state index in [4.69, 9.17) is 4.74 Å². The maximum Gasteiger partial charge on any atom is 0.251 e. The van der Waals surface area contributed by atoms with Gasteiger partial charge in [-0.05, 0) is 31.0 Å². The Balaban J connectivity index is 2.10. The third-order valence-electron chi connectivity index (χ3n) is 3.30. The van der Waals surface area contributed by atoms with Crippen LogP contribution in [0.3, 0.4) is 0 Å². The van der Waals surface area contributed by atoms with Gasteiger partial charge in [-0.3, -0.25) is 4.79 Å². The standard InChI is InChI=1S/C14H15BrN2O2S/c1-19-7-6-17-11-5-4-10(15)8-12(11)20-14(17)16-13(18)9-2-3-9/h4-5,8-9H,2-3,6-7H2,1H3. The first-order chi connectivity index (χ1) is 9.69. The zero-order valence-corrected chi connectivity index (χ0v) is 13.5. The van der Waals surface area contributed by atoms with Gasteiger partial charge in [0, 0.05) is 24.0 Å². The first-order valence-electron chi connectivity index (χ1n) is 6.55. The molecule has 1 fully saturated rings. The van der Waals surface area contributed by atoms with Gasteiger partial charge < -0.3 is 9.30 Å². The lowest BCUT2D eigenvalue weighted by atomic mass is 10.3. The van der Waals surface area contributed by atoms with Crippen molar-refractivity contribution in [3.05, 3.63) is 27.5 Å². The van der Waals surface area contributed by atoms with Crippen molar-refractivity contribution < 1.29 is 9.53 Å². The van der Waals surface area contributed by atoms with Gasteiger partial charge in [0.2, 0.25) is 0 Å². The maximum absolute atomic E-state index is 11.9. The van der Waals surface area contributed by atoms with Crippen molar-refractivity contribution >= 4 is 43.4 Å². The van der Waals surface area contributed by atoms with Crippen LogP contribution in [0.4, 0.5) is 0 Å². The largest absolute Gasteiger partial charge is 0.383 e. The molecule has 0 atom stereocenters. The number of fused-ring (bicyclic) bond motifs is 1. The summed E-state index contributed by atoms with van der Waals surface area (Å²) in [6, 6.07) is 6.11. The molecule has 6 heteroatoms. The Morgan fingerprint density at radius 3 is 3.05 bits per heavy atom. The molecule has 1 saturated carbocycles. The Morgan fingerprint density at radius 1 is 1.55 bits per heavy atom. The van der Waals surface area contributed by atoms with Crippen molar-refractivity contribution in [2.75, 3.05) is 13.7 Å². The minimum atomic E-state index is 0.0155. The van der Waals surface area contributed by atoms with Crippen molar-refractivity contribution in [3.8, 4) is 0 Å². The van der Waals surface area contributed by atoms with Crippen LogP contribution in [0.2, 0.25) is 0 Å². The van der Waals surface area contributed by atoms with Gasteiger partial charge in [0.25, 0.3) is 5.91 Å². The first kappa shape index (κ1) is 14.0. The Labute approximate surface area is 129 Å². The molecule has 1 aliphatic rings. The number of hydrogen-bond acceptors (Lipinski definition) is 3. The second-order valence-corrected chi connectivity index (χ2v) is 6.79. The van der Waals surface area contributed by atoms with Crippen LogP contribution in [0.15, 0.2) is 27.7 Å². The van der Waals surface area contributed by atoms with Gasteiger partial charge in [-0.15, -0.1) is 0 Å². The molecule has 20 heavy (non-hydrogen) atoms. The number of aromatic nitrogens is 1. The van der Waals surface area contributed by atoms with Gasteiger partial charge in [-0.1, -0.05) is 27.3 Å². The van der Waals surface area contributed by atoms with E-state index < -0.39 is 0 Å². The van der Waals surface area contributed by atoms with Crippen LogP contribution in [0.5, 0.6) is 0 Å². The fourth-order valence-electron chi connectivity index (χ4n) is 2.05. The third kappa shape index (κ3) is 2.87. The van der Waals surface area contributed by atoms with E-state index in [9.17, 15) is 4.79 Å². The minimum absolute atomic E-state index is 0.0155. The molecule has 0 unspecified atom stereocenters. The lowest BCUT2D eigenvalue weighted by Gasteiger charge is -2.04. The van der Waals surface area contributed by atoms with Crippen LogP contribution >= 0.6 is 27.3 Å². The highest BCUT2D eigenvalue weighted by molar-refractivity contribution is 9.10. The summed E-state index contributed by atoms with van der Waals surface area (Å²) in [4.78, 5) is 17.0. The van der Waals surface area contributed by atoms with Gasteiger partial charge in [-0.25, -0.2) is 0 Å². The molecular formula is C14H15BrN2O2S. The summed E-state index contributed by atoms with van der Waals surface area (Å²) in [7, 11) is 1.68. The van der Waals surface area contributed by atoms with Crippen LogP contribution in [0.25, 0.3) is 10.2 Å². The van der Waals surface area contributed by atoms with E-state index in [0.717, 1.165) is 32.3 Å². The summed E-state index contributed by atoms with van der Waals surface area (Å²) in [6.07, 6.45) is 1.97. The SMILES string of the molecule is COCCn1c(=NC(=O)C2CC2)sc2cc(Br)ccc21. The molecular weight excluding hydrogens is 340 g/mol. The second-order valence-electron chi connectivity index (χ2n) is 4.87. The fourth-order valence-corrected chi connectivity index (χ4v) is 3.66. The smallest absolute Gasteiger partial charge is 0.251 e. The molecule has 1 aromatic heterocycles. The second kappa shape index (κ2) is 5.79. The summed E-state index contributed by atoms with van der Waals surface area (Å²) in [5.74, 6) is 0.171. The van der Waals surface area contributed by atoms with Crippen LogP contribution < -0.4 is 4.80 Å². The number of rotatable bonds is 4. The topological polar surface area (TPSA) is 43.6 Å². The van der Waals surface area contributed by atoms with Gasteiger partial charge >= 0.3 is 0 Å². The highest BCUT2D eigenvalue weighted by Gasteiger charge is 2.29. The van der Waals surface area contributed by atoms with Crippen molar-refractivity contribution in [1.29, 1.82) is 0 Å². The van der Waals surface area contributed by atoms with E-state index in [1.807, 2.05) is 12.1 Å². The number of methoxy groups -OCH3 is 1. The number of amides is 1. The molecule has 1 heterocycles. The maximum atomic E-state index is 11.9. The molecule has 1 amide bonds. The molecule has 1 aromatic carbocycles. The summed E-state index contributed by atoms with van der Waals surface area (Å²) >= 11 is 5.03. The summed E-state index contributed by atoms with van der Waals surface area (Å²) in [5, 5.41) is 0. The van der Waals surface area contributed by atoms with E-state index in [1.54, 1.807) is 18.4 Å². The zero-order valence-electron chi connectivity index (χ0n) is 11.1. The first-order valence-corrected chi connectivity index (χ1v) is 8.16. The number of nitrogens with zero attached hydrogens (tertiary/aromatic N) is 2. The fraction of sp³-hybridized carbons (Fsp3) is 0.429. The lowest BCUT2D eigenvalue weighted by Crippen LogP contribution is -2.19. The molecule has 0 N–H and O–H groups in total. The number of carbonyl (C=O) groups excluding carboxylic acids is 1. The summed E-state index contributed by atoms with van der Waals surface area (Å²) in [5.41, 5.74) is 1.09. The predicted octanol–water partition coefficient (Wildman–Crippen LogP) is 2.95. The quantitative estimate of drug-likeness (QED) is 0.846. The summed E-state index contributed by atoms with van der Waals surface area (Å²) in [6.45, 7) is 1.31. The van der Waals surface area contributed by atoms with E-state index in [0.29, 0.717) is 13.2 Å². The molecule has 3 rings (SSSR count). The van der Waals surface area contributed by atoms with Crippen molar-refractivity contribution in [2.24, 2.45) is 10.9 Å². The van der Waals surface area contributed by atoms with Crippen molar-refractivity contribution in [1.82, 2.24) is 4.57 Å². The number of thiazole rings is 1. The van der Waals surface area contributed by atoms with Gasteiger partial charge in [0.1, 0.15) is 0 Å². The third-order valence-corrected chi connectivity index (χ3v) is 4.83. The van der Waals surface area contributed by atoms with Gasteiger partial charge in [-0.2, -0.15) is 4.99 Å². The van der Waals surface area contributed by atoms with E-state index in [1.165, 1.54) is 0 Å².